The Balaban J connectivity index is 1.21. The number of para-hydroxylation sites is 2. The third kappa shape index (κ3) is 4.05. The number of nitrogens with zero attached hydrogens (tertiary/aromatic N) is 3. The molecule has 0 aliphatic carbocycles. The normalized spacial score (nSPS) is 17.0. The van der Waals surface area contributed by atoms with Gasteiger partial charge in [0.05, 0.1) is 5.92 Å². The van der Waals surface area contributed by atoms with Crippen molar-refractivity contribution in [3.8, 4) is 11.5 Å². The monoisotopic (exact) mass is 502 g/mol. The minimum Gasteiger partial charge on any atom is -0.457 e. The van der Waals surface area contributed by atoms with Crippen LogP contribution in [0.4, 0.5) is 10.8 Å². The summed E-state index contributed by atoms with van der Waals surface area (Å²) in [5.41, 5.74) is 2.40. The van der Waals surface area contributed by atoms with Crippen molar-refractivity contribution in [2.75, 3.05) is 16.8 Å². The van der Waals surface area contributed by atoms with Crippen molar-refractivity contribution in [3.05, 3.63) is 94.0 Å². The van der Waals surface area contributed by atoms with Gasteiger partial charge in [-0.1, -0.05) is 59.3 Å². The summed E-state index contributed by atoms with van der Waals surface area (Å²) < 4.78 is 5.99. The molecule has 7 nitrogen and oxygen atoms in total. The number of amides is 2. The molecule has 4 aromatic rings. The largest absolute Gasteiger partial charge is 0.457 e. The molecule has 1 unspecified atom stereocenters. The summed E-state index contributed by atoms with van der Waals surface area (Å²) in [5.74, 6) is 0.518. The van der Waals surface area contributed by atoms with Crippen molar-refractivity contribution in [3.63, 3.8) is 0 Å². The van der Waals surface area contributed by atoms with E-state index in [4.69, 9.17) is 16.3 Å². The predicted molar refractivity (Wildman–Crippen MR) is 135 cm³/mol. The van der Waals surface area contributed by atoms with E-state index in [2.05, 4.69) is 15.5 Å². The quantitative estimate of drug-likeness (QED) is 0.393. The van der Waals surface area contributed by atoms with E-state index < -0.39 is 5.92 Å². The highest BCUT2D eigenvalue weighted by molar-refractivity contribution is 7.15. The standard InChI is InChI=1S/C26H19ClN4O3S/c27-16-9-11-17(12-10-16)31-14-15(13-22(31)32)25-29-30-26(35-25)28-24(33)23-18-5-1-3-7-20(18)34-21-8-4-2-6-19(21)23/h1-12,15,23H,13-14H2,(H,28,30,33). The second-order valence-corrected chi connectivity index (χ2v) is 9.87. The van der Waals surface area contributed by atoms with Crippen LogP contribution in [-0.2, 0) is 9.59 Å². The third-order valence-corrected chi connectivity index (χ3v) is 7.48. The van der Waals surface area contributed by atoms with Gasteiger partial charge in [-0.25, -0.2) is 0 Å². The fourth-order valence-corrected chi connectivity index (χ4v) is 5.53. The molecule has 0 bridgehead atoms. The summed E-state index contributed by atoms with van der Waals surface area (Å²) in [7, 11) is 0. The summed E-state index contributed by atoms with van der Waals surface area (Å²) in [6, 6.07) is 22.3. The van der Waals surface area contributed by atoms with Gasteiger partial charge in [0.1, 0.15) is 16.5 Å². The molecule has 9 heteroatoms. The van der Waals surface area contributed by atoms with E-state index in [1.54, 1.807) is 17.0 Å². The van der Waals surface area contributed by atoms with Crippen LogP contribution in [-0.4, -0.2) is 28.6 Å². The zero-order chi connectivity index (χ0) is 23.9. The SMILES string of the molecule is O=C(Nc1nnc(C2CC(=O)N(c3ccc(Cl)cc3)C2)s1)C1c2ccccc2Oc2ccccc21. The van der Waals surface area contributed by atoms with Crippen molar-refractivity contribution >= 4 is 45.6 Å². The van der Waals surface area contributed by atoms with Gasteiger partial charge in [-0.15, -0.1) is 10.2 Å². The van der Waals surface area contributed by atoms with E-state index in [-0.39, 0.29) is 17.7 Å². The number of halogens is 1. The fourth-order valence-electron chi connectivity index (χ4n) is 4.56. The maximum Gasteiger partial charge on any atom is 0.238 e. The van der Waals surface area contributed by atoms with E-state index in [0.29, 0.717) is 34.6 Å². The highest BCUT2D eigenvalue weighted by Gasteiger charge is 2.35. The first-order chi connectivity index (χ1) is 17.1. The Bertz CT molecular complexity index is 1390. The molecular formula is C26H19ClN4O3S. The van der Waals surface area contributed by atoms with Gasteiger partial charge in [-0.05, 0) is 36.4 Å². The molecule has 1 N–H and O–H groups in total. The molecule has 3 heterocycles. The summed E-state index contributed by atoms with van der Waals surface area (Å²) in [4.78, 5) is 27.8. The first-order valence-corrected chi connectivity index (χ1v) is 12.3. The third-order valence-electron chi connectivity index (χ3n) is 6.23. The van der Waals surface area contributed by atoms with Gasteiger partial charge in [-0.3, -0.25) is 14.9 Å². The van der Waals surface area contributed by atoms with Gasteiger partial charge in [0, 0.05) is 40.7 Å². The number of hydrogen-bond acceptors (Lipinski definition) is 6. The van der Waals surface area contributed by atoms with Crippen molar-refractivity contribution < 1.29 is 14.3 Å². The predicted octanol–water partition coefficient (Wildman–Crippen LogP) is 5.59. The summed E-state index contributed by atoms with van der Waals surface area (Å²) >= 11 is 7.28. The number of carbonyl (C=O) groups excluding carboxylic acids is 2. The molecule has 3 aromatic carbocycles. The van der Waals surface area contributed by atoms with Gasteiger partial charge >= 0.3 is 0 Å². The van der Waals surface area contributed by atoms with E-state index in [1.807, 2.05) is 60.7 Å². The Morgan fingerprint density at radius 1 is 0.971 bits per heavy atom. The number of rotatable bonds is 4. The van der Waals surface area contributed by atoms with E-state index in [0.717, 1.165) is 21.8 Å². The molecule has 0 radical (unpaired) electrons. The van der Waals surface area contributed by atoms with Crippen LogP contribution in [0.3, 0.4) is 0 Å². The second-order valence-electron chi connectivity index (χ2n) is 8.43. The summed E-state index contributed by atoms with van der Waals surface area (Å²) in [6.07, 6.45) is 0.339. The highest BCUT2D eigenvalue weighted by Crippen LogP contribution is 2.44. The molecule has 2 aliphatic heterocycles. The summed E-state index contributed by atoms with van der Waals surface area (Å²) in [6.45, 7) is 0.504. The van der Waals surface area contributed by atoms with Crippen molar-refractivity contribution in [2.24, 2.45) is 0 Å². The molecule has 2 amide bonds. The maximum atomic E-state index is 13.4. The average Bonchev–Trinajstić information content (AvgIpc) is 3.49. The first kappa shape index (κ1) is 21.8. The van der Waals surface area contributed by atoms with Crippen LogP contribution < -0.4 is 15.0 Å². The molecule has 1 atom stereocenters. The van der Waals surface area contributed by atoms with Crippen LogP contribution in [0.15, 0.2) is 72.8 Å². The average molecular weight is 503 g/mol. The molecule has 1 saturated heterocycles. The Morgan fingerprint density at radius 2 is 1.63 bits per heavy atom. The summed E-state index contributed by atoms with van der Waals surface area (Å²) in [5, 5.41) is 13.2. The molecule has 6 rings (SSSR count). The van der Waals surface area contributed by atoms with Crippen LogP contribution in [0.25, 0.3) is 0 Å². The van der Waals surface area contributed by atoms with E-state index in [9.17, 15) is 9.59 Å². The van der Waals surface area contributed by atoms with Gasteiger partial charge in [0.15, 0.2) is 0 Å². The lowest BCUT2D eigenvalue weighted by Crippen LogP contribution is -2.25. The number of nitrogens with one attached hydrogen (secondary N) is 1. The molecule has 35 heavy (non-hydrogen) atoms. The van der Waals surface area contributed by atoms with Gasteiger partial charge in [-0.2, -0.15) is 0 Å². The lowest BCUT2D eigenvalue weighted by molar-refractivity contribution is -0.117. The van der Waals surface area contributed by atoms with Crippen molar-refractivity contribution in [1.82, 2.24) is 10.2 Å². The van der Waals surface area contributed by atoms with Crippen LogP contribution in [0.2, 0.25) is 5.02 Å². The zero-order valence-corrected chi connectivity index (χ0v) is 19.9. The lowest BCUT2D eigenvalue weighted by Gasteiger charge is -2.27. The Morgan fingerprint density at radius 3 is 2.31 bits per heavy atom. The minimum atomic E-state index is -0.531. The number of carbonyl (C=O) groups is 2. The Hall–Kier alpha value is -3.75. The maximum absolute atomic E-state index is 13.4. The number of fused-ring (bicyclic) bond motifs is 2. The zero-order valence-electron chi connectivity index (χ0n) is 18.3. The molecule has 1 fully saturated rings. The first-order valence-electron chi connectivity index (χ1n) is 11.1. The molecule has 0 saturated carbocycles. The number of anilines is 2. The fraction of sp³-hybridized carbons (Fsp3) is 0.154. The van der Waals surface area contributed by atoms with Crippen LogP contribution in [0.1, 0.15) is 34.4 Å². The second kappa shape index (κ2) is 8.79. The van der Waals surface area contributed by atoms with Crippen LogP contribution in [0, 0.1) is 0 Å². The van der Waals surface area contributed by atoms with E-state index >= 15 is 0 Å². The van der Waals surface area contributed by atoms with Gasteiger partial charge in [0.2, 0.25) is 16.9 Å². The smallest absolute Gasteiger partial charge is 0.238 e. The highest BCUT2D eigenvalue weighted by atomic mass is 35.5. The molecule has 0 spiro atoms. The van der Waals surface area contributed by atoms with Crippen LogP contribution >= 0.6 is 22.9 Å². The van der Waals surface area contributed by atoms with Crippen LogP contribution in [0.5, 0.6) is 11.5 Å². The molecule has 2 aliphatic rings. The van der Waals surface area contributed by atoms with E-state index in [1.165, 1.54) is 11.3 Å². The molecule has 174 valence electrons. The molecule has 1 aromatic heterocycles. The van der Waals surface area contributed by atoms with Crippen molar-refractivity contribution in [2.45, 2.75) is 18.3 Å². The Labute approximate surface area is 210 Å². The number of ether oxygens (including phenoxy) is 1. The lowest BCUT2D eigenvalue weighted by atomic mass is 9.87. The minimum absolute atomic E-state index is 0.0218. The number of benzene rings is 3. The van der Waals surface area contributed by atoms with Gasteiger partial charge in [0.25, 0.3) is 0 Å². The van der Waals surface area contributed by atoms with Gasteiger partial charge < -0.3 is 9.64 Å². The number of hydrogen-bond donors (Lipinski definition) is 1. The Kier molecular flexibility index (Phi) is 5.47. The molecular weight excluding hydrogens is 484 g/mol. The number of aromatic nitrogens is 2. The van der Waals surface area contributed by atoms with Crippen molar-refractivity contribution in [1.29, 1.82) is 0 Å². The topological polar surface area (TPSA) is 84.4 Å².